The van der Waals surface area contributed by atoms with E-state index in [2.05, 4.69) is 30.1 Å². The number of amides is 1. The van der Waals surface area contributed by atoms with E-state index in [4.69, 9.17) is 9.47 Å². The standard InChI is InChI=1S/C26H34N2O3/c1-27-14-13-26(20-11-8-12-22(15-20)30-3)17-21(16-24(31-4)23(26)18-27)28(2)25(29)19-9-6-5-7-10-19/h5-12,15,21,23-24H,13-14,16-18H2,1-4H3/t21-,23?,24?,26?/m1/s1. The molecule has 0 radical (unpaired) electrons. The predicted molar refractivity (Wildman–Crippen MR) is 123 cm³/mol. The highest BCUT2D eigenvalue weighted by molar-refractivity contribution is 5.94. The molecule has 1 aliphatic heterocycles. The monoisotopic (exact) mass is 422 g/mol. The Morgan fingerprint density at radius 2 is 1.90 bits per heavy atom. The summed E-state index contributed by atoms with van der Waals surface area (Å²) >= 11 is 0. The molecule has 3 unspecified atom stereocenters. The molecule has 2 aromatic carbocycles. The molecule has 2 aromatic rings. The number of likely N-dealkylation sites (tertiary alicyclic amines) is 1. The second-order valence-electron chi connectivity index (χ2n) is 9.16. The summed E-state index contributed by atoms with van der Waals surface area (Å²) in [5, 5.41) is 0. The Balaban J connectivity index is 1.71. The third-order valence-corrected chi connectivity index (χ3v) is 7.55. The van der Waals surface area contributed by atoms with Crippen LogP contribution in [0.5, 0.6) is 5.75 Å². The SMILES string of the molecule is COc1cccc(C23CCN(C)CC2C(OC)C[C@@H](N(C)C(=O)c2ccccc2)C3)c1. The fourth-order valence-corrected chi connectivity index (χ4v) is 5.76. The van der Waals surface area contributed by atoms with Gasteiger partial charge in [-0.05, 0) is 62.7 Å². The summed E-state index contributed by atoms with van der Waals surface area (Å²) in [4.78, 5) is 17.6. The third-order valence-electron chi connectivity index (χ3n) is 7.55. The lowest BCUT2D eigenvalue weighted by Gasteiger charge is -2.56. The Kier molecular flexibility index (Phi) is 6.35. The molecule has 5 heteroatoms. The number of methoxy groups -OCH3 is 2. The summed E-state index contributed by atoms with van der Waals surface area (Å²) in [5.74, 6) is 1.34. The Bertz CT molecular complexity index is 903. The number of nitrogens with zero attached hydrogens (tertiary/aromatic N) is 2. The highest BCUT2D eigenvalue weighted by Crippen LogP contribution is 2.51. The molecule has 0 spiro atoms. The minimum Gasteiger partial charge on any atom is -0.497 e. The van der Waals surface area contributed by atoms with Crippen LogP contribution in [0.1, 0.15) is 35.2 Å². The number of piperidine rings is 1. The number of carbonyl (C=O) groups excluding carboxylic acids is 1. The number of rotatable bonds is 5. The van der Waals surface area contributed by atoms with Crippen molar-refractivity contribution in [3.8, 4) is 5.75 Å². The second kappa shape index (κ2) is 9.01. The summed E-state index contributed by atoms with van der Waals surface area (Å²) in [6, 6.07) is 18.2. The van der Waals surface area contributed by atoms with Crippen molar-refractivity contribution in [2.24, 2.45) is 5.92 Å². The van der Waals surface area contributed by atoms with E-state index < -0.39 is 0 Å². The lowest BCUT2D eigenvalue weighted by molar-refractivity contribution is -0.0751. The van der Waals surface area contributed by atoms with Crippen LogP contribution >= 0.6 is 0 Å². The van der Waals surface area contributed by atoms with Crippen molar-refractivity contribution in [3.05, 3.63) is 65.7 Å². The summed E-state index contributed by atoms with van der Waals surface area (Å²) in [6.45, 7) is 2.03. The van der Waals surface area contributed by atoms with Crippen LogP contribution in [0, 0.1) is 5.92 Å². The molecule has 166 valence electrons. The maximum atomic E-state index is 13.2. The van der Waals surface area contributed by atoms with Crippen molar-refractivity contribution in [1.29, 1.82) is 0 Å². The van der Waals surface area contributed by atoms with E-state index in [-0.39, 0.29) is 23.5 Å². The normalized spacial score (nSPS) is 28.6. The molecule has 4 atom stereocenters. The molecule has 1 amide bonds. The van der Waals surface area contributed by atoms with Crippen LogP contribution < -0.4 is 4.74 Å². The second-order valence-corrected chi connectivity index (χ2v) is 9.16. The van der Waals surface area contributed by atoms with Gasteiger partial charge < -0.3 is 19.3 Å². The first-order valence-corrected chi connectivity index (χ1v) is 11.2. The van der Waals surface area contributed by atoms with E-state index in [1.807, 2.05) is 55.5 Å². The first kappa shape index (κ1) is 21.8. The van der Waals surface area contributed by atoms with Gasteiger partial charge in [-0.15, -0.1) is 0 Å². The van der Waals surface area contributed by atoms with Crippen LogP contribution in [-0.2, 0) is 10.2 Å². The molecule has 2 aliphatic rings. The van der Waals surface area contributed by atoms with Crippen molar-refractivity contribution in [3.63, 3.8) is 0 Å². The van der Waals surface area contributed by atoms with Crippen molar-refractivity contribution < 1.29 is 14.3 Å². The van der Waals surface area contributed by atoms with Gasteiger partial charge in [-0.2, -0.15) is 0 Å². The van der Waals surface area contributed by atoms with E-state index in [1.54, 1.807) is 7.11 Å². The molecule has 5 nitrogen and oxygen atoms in total. The number of carbonyl (C=O) groups is 1. The van der Waals surface area contributed by atoms with Gasteiger partial charge in [-0.25, -0.2) is 0 Å². The maximum Gasteiger partial charge on any atom is 0.253 e. The molecule has 1 saturated heterocycles. The average Bonchev–Trinajstić information content (AvgIpc) is 2.83. The first-order valence-electron chi connectivity index (χ1n) is 11.2. The average molecular weight is 423 g/mol. The van der Waals surface area contributed by atoms with Crippen molar-refractivity contribution in [2.75, 3.05) is 41.4 Å². The van der Waals surface area contributed by atoms with Crippen LogP contribution in [-0.4, -0.2) is 69.3 Å². The van der Waals surface area contributed by atoms with Gasteiger partial charge >= 0.3 is 0 Å². The van der Waals surface area contributed by atoms with Gasteiger partial charge in [0.15, 0.2) is 0 Å². The van der Waals surface area contributed by atoms with Crippen molar-refractivity contribution >= 4 is 5.91 Å². The molecule has 1 heterocycles. The van der Waals surface area contributed by atoms with Crippen LogP contribution in [0.3, 0.4) is 0 Å². The van der Waals surface area contributed by atoms with Gasteiger partial charge in [0.05, 0.1) is 13.2 Å². The van der Waals surface area contributed by atoms with Crippen LogP contribution in [0.25, 0.3) is 0 Å². The van der Waals surface area contributed by atoms with Crippen LogP contribution in [0.15, 0.2) is 54.6 Å². The summed E-state index contributed by atoms with van der Waals surface area (Å²) < 4.78 is 11.6. The number of ether oxygens (including phenoxy) is 2. The predicted octanol–water partition coefficient (Wildman–Crippen LogP) is 3.83. The molecule has 0 aromatic heterocycles. The lowest BCUT2D eigenvalue weighted by atomic mass is 9.56. The number of hydrogen-bond donors (Lipinski definition) is 0. The molecule has 1 aliphatic carbocycles. The maximum absolute atomic E-state index is 13.2. The van der Waals surface area contributed by atoms with Gasteiger partial charge in [0.1, 0.15) is 5.75 Å². The van der Waals surface area contributed by atoms with Gasteiger partial charge in [0, 0.05) is 43.6 Å². The summed E-state index contributed by atoms with van der Waals surface area (Å²) in [7, 11) is 7.68. The zero-order valence-electron chi connectivity index (χ0n) is 19.1. The van der Waals surface area contributed by atoms with Crippen LogP contribution in [0.2, 0.25) is 0 Å². The Morgan fingerprint density at radius 1 is 1.13 bits per heavy atom. The first-order chi connectivity index (χ1) is 15.0. The zero-order valence-corrected chi connectivity index (χ0v) is 19.1. The van der Waals surface area contributed by atoms with E-state index in [0.29, 0.717) is 5.92 Å². The summed E-state index contributed by atoms with van der Waals surface area (Å²) in [6.07, 6.45) is 2.94. The fraction of sp³-hybridized carbons (Fsp3) is 0.500. The Labute approximate surface area is 185 Å². The van der Waals surface area contributed by atoms with Gasteiger partial charge in [0.2, 0.25) is 0 Å². The van der Waals surface area contributed by atoms with Gasteiger partial charge in [-0.1, -0.05) is 30.3 Å². The third kappa shape index (κ3) is 4.09. The van der Waals surface area contributed by atoms with E-state index in [0.717, 1.165) is 43.7 Å². The quantitative estimate of drug-likeness (QED) is 0.734. The largest absolute Gasteiger partial charge is 0.497 e. The zero-order chi connectivity index (χ0) is 22.0. The van der Waals surface area contributed by atoms with Crippen molar-refractivity contribution in [1.82, 2.24) is 9.80 Å². The number of benzene rings is 2. The molecular formula is C26H34N2O3. The van der Waals surface area contributed by atoms with Gasteiger partial charge in [0.25, 0.3) is 5.91 Å². The highest BCUT2D eigenvalue weighted by atomic mass is 16.5. The van der Waals surface area contributed by atoms with Gasteiger partial charge in [-0.3, -0.25) is 4.79 Å². The minimum atomic E-state index is -0.0458. The molecule has 0 bridgehead atoms. The van der Waals surface area contributed by atoms with Crippen molar-refractivity contribution in [2.45, 2.75) is 36.8 Å². The Morgan fingerprint density at radius 3 is 2.61 bits per heavy atom. The van der Waals surface area contributed by atoms with E-state index in [9.17, 15) is 4.79 Å². The smallest absolute Gasteiger partial charge is 0.253 e. The number of hydrogen-bond acceptors (Lipinski definition) is 4. The summed E-state index contributed by atoms with van der Waals surface area (Å²) in [5.41, 5.74) is 1.99. The fourth-order valence-electron chi connectivity index (χ4n) is 5.76. The Hall–Kier alpha value is -2.37. The molecule has 4 rings (SSSR count). The van der Waals surface area contributed by atoms with E-state index in [1.165, 1.54) is 5.56 Å². The lowest BCUT2D eigenvalue weighted by Crippen LogP contribution is -2.61. The molecule has 1 saturated carbocycles. The molecular weight excluding hydrogens is 388 g/mol. The van der Waals surface area contributed by atoms with E-state index >= 15 is 0 Å². The molecule has 2 fully saturated rings. The topological polar surface area (TPSA) is 42.0 Å². The molecule has 31 heavy (non-hydrogen) atoms. The van der Waals surface area contributed by atoms with Crippen LogP contribution in [0.4, 0.5) is 0 Å². The minimum absolute atomic E-state index is 0.0458. The molecule has 0 N–H and O–H groups in total. The number of fused-ring (bicyclic) bond motifs is 1. The highest BCUT2D eigenvalue weighted by Gasteiger charge is 2.53.